The molecule has 2 aromatic carbocycles. The first-order chi connectivity index (χ1) is 18.6. The van der Waals surface area contributed by atoms with Gasteiger partial charge in [0.25, 0.3) is 5.91 Å². The van der Waals surface area contributed by atoms with Gasteiger partial charge in [0.05, 0.1) is 4.88 Å². The van der Waals surface area contributed by atoms with Crippen molar-refractivity contribution in [3.05, 3.63) is 69.6 Å². The molecule has 1 atom stereocenters. The minimum absolute atomic E-state index is 0.105. The van der Waals surface area contributed by atoms with Crippen LogP contribution in [0.4, 0.5) is 0 Å². The number of aryl methyl sites for hydroxylation is 1. The lowest BCUT2D eigenvalue weighted by atomic mass is 10.0. The Labute approximate surface area is 241 Å². The van der Waals surface area contributed by atoms with Gasteiger partial charge in [0, 0.05) is 16.3 Å². The molecule has 0 saturated carbocycles. The van der Waals surface area contributed by atoms with Crippen molar-refractivity contribution in [2.45, 2.75) is 46.6 Å². The molecule has 3 rings (SSSR count). The molecule has 0 aliphatic rings. The SMILES string of the molecule is C=O.C=O.CC(C)CC(NC(=O)c1cc2ccccc2s1)C(=O)NCCCN(C)C.Cc1cccc(Cl)c1C. The topological polar surface area (TPSA) is 95.6 Å². The number of hydrogen-bond acceptors (Lipinski definition) is 6. The summed E-state index contributed by atoms with van der Waals surface area (Å²) in [5, 5.41) is 7.78. The van der Waals surface area contributed by atoms with E-state index in [2.05, 4.69) is 42.4 Å². The fraction of sp³-hybridized carbons (Fsp3) is 0.400. The Kier molecular flexibility index (Phi) is 18.4. The number of carbonyl (C=O) groups excluding carboxylic acids is 4. The molecule has 0 saturated heterocycles. The zero-order chi connectivity index (χ0) is 30.0. The summed E-state index contributed by atoms with van der Waals surface area (Å²) in [5.41, 5.74) is 2.43. The Morgan fingerprint density at radius 3 is 2.18 bits per heavy atom. The first-order valence-corrected chi connectivity index (χ1v) is 13.8. The second kappa shape index (κ2) is 19.9. The molecule has 0 radical (unpaired) electrons. The van der Waals surface area contributed by atoms with Crippen LogP contribution in [-0.4, -0.2) is 63.5 Å². The van der Waals surface area contributed by atoms with Gasteiger partial charge in [-0.3, -0.25) is 9.59 Å². The Morgan fingerprint density at radius 2 is 1.64 bits per heavy atom. The van der Waals surface area contributed by atoms with E-state index in [0.29, 0.717) is 23.8 Å². The van der Waals surface area contributed by atoms with Crippen LogP contribution in [0.15, 0.2) is 48.5 Å². The maximum Gasteiger partial charge on any atom is 0.262 e. The quantitative estimate of drug-likeness (QED) is 0.319. The van der Waals surface area contributed by atoms with Crippen molar-refractivity contribution in [2.75, 3.05) is 27.2 Å². The highest BCUT2D eigenvalue weighted by atomic mass is 35.5. The molecule has 0 aliphatic heterocycles. The van der Waals surface area contributed by atoms with Crippen LogP contribution < -0.4 is 10.6 Å². The van der Waals surface area contributed by atoms with E-state index in [9.17, 15) is 9.59 Å². The van der Waals surface area contributed by atoms with Crippen LogP contribution in [-0.2, 0) is 14.4 Å². The van der Waals surface area contributed by atoms with Crippen molar-refractivity contribution in [3.63, 3.8) is 0 Å². The molecule has 0 fully saturated rings. The van der Waals surface area contributed by atoms with Crippen molar-refractivity contribution >= 4 is 58.4 Å². The van der Waals surface area contributed by atoms with Crippen LogP contribution in [0.2, 0.25) is 5.02 Å². The van der Waals surface area contributed by atoms with Gasteiger partial charge < -0.3 is 25.1 Å². The predicted octanol–water partition coefficient (Wildman–Crippen LogP) is 5.70. The van der Waals surface area contributed by atoms with Gasteiger partial charge in [-0.1, -0.05) is 55.8 Å². The minimum atomic E-state index is -0.507. The molecule has 214 valence electrons. The molecule has 39 heavy (non-hydrogen) atoms. The van der Waals surface area contributed by atoms with Crippen LogP contribution in [0, 0.1) is 19.8 Å². The third-order valence-electron chi connectivity index (χ3n) is 5.60. The lowest BCUT2D eigenvalue weighted by Crippen LogP contribution is -2.47. The second-order valence-corrected chi connectivity index (χ2v) is 10.9. The van der Waals surface area contributed by atoms with Crippen LogP contribution in [0.25, 0.3) is 10.1 Å². The number of fused-ring (bicyclic) bond motifs is 1. The van der Waals surface area contributed by atoms with Crippen LogP contribution in [0.5, 0.6) is 0 Å². The van der Waals surface area contributed by atoms with Crippen LogP contribution >= 0.6 is 22.9 Å². The van der Waals surface area contributed by atoms with Crippen LogP contribution in [0.3, 0.4) is 0 Å². The van der Waals surface area contributed by atoms with Crippen molar-refractivity contribution in [1.82, 2.24) is 15.5 Å². The number of benzene rings is 2. The van der Waals surface area contributed by atoms with Gasteiger partial charge in [0.2, 0.25) is 5.91 Å². The highest BCUT2D eigenvalue weighted by molar-refractivity contribution is 7.20. The molecule has 3 aromatic rings. The number of halogens is 1. The van der Waals surface area contributed by atoms with E-state index in [-0.39, 0.29) is 11.8 Å². The van der Waals surface area contributed by atoms with E-state index >= 15 is 0 Å². The van der Waals surface area contributed by atoms with Gasteiger partial charge >= 0.3 is 0 Å². The maximum atomic E-state index is 12.6. The molecule has 1 aromatic heterocycles. The predicted molar refractivity (Wildman–Crippen MR) is 164 cm³/mol. The Morgan fingerprint density at radius 1 is 1.00 bits per heavy atom. The number of nitrogens with zero attached hydrogens (tertiary/aromatic N) is 1. The number of carbonyl (C=O) groups is 4. The molecule has 0 aliphatic carbocycles. The highest BCUT2D eigenvalue weighted by Crippen LogP contribution is 2.25. The van der Waals surface area contributed by atoms with Gasteiger partial charge in [-0.2, -0.15) is 0 Å². The maximum absolute atomic E-state index is 12.6. The van der Waals surface area contributed by atoms with Gasteiger partial charge in [0.1, 0.15) is 19.6 Å². The first kappa shape index (κ1) is 35.9. The van der Waals surface area contributed by atoms with Crippen molar-refractivity contribution in [3.8, 4) is 0 Å². The van der Waals surface area contributed by atoms with E-state index in [4.69, 9.17) is 21.2 Å². The Hall–Kier alpha value is -3.07. The lowest BCUT2D eigenvalue weighted by molar-refractivity contribution is -0.123. The smallest absolute Gasteiger partial charge is 0.262 e. The van der Waals surface area contributed by atoms with E-state index < -0.39 is 6.04 Å². The molecule has 1 heterocycles. The number of thiophene rings is 1. The van der Waals surface area contributed by atoms with Gasteiger partial charge in [-0.25, -0.2) is 0 Å². The number of nitrogens with one attached hydrogen (secondary N) is 2. The van der Waals surface area contributed by atoms with Crippen LogP contribution in [0.1, 0.15) is 47.5 Å². The highest BCUT2D eigenvalue weighted by Gasteiger charge is 2.23. The standard InChI is InChI=1S/C20H29N3O2S.C8H9Cl.2CH2O/c1-14(2)12-16(19(24)21-10-7-11-23(3)4)22-20(25)18-13-15-8-5-6-9-17(15)26-18;1-6-4-3-5-8(9)7(6)2;2*1-2/h5-6,8-9,13-14,16H,7,10-12H2,1-4H3,(H,21,24)(H,22,25);3-5H,1-2H3;2*1H2. The van der Waals surface area contributed by atoms with E-state index in [1.807, 2.05) is 77.1 Å². The zero-order valence-electron chi connectivity index (χ0n) is 23.9. The molecule has 2 N–H and O–H groups in total. The third-order valence-corrected chi connectivity index (χ3v) is 7.12. The first-order valence-electron chi connectivity index (χ1n) is 12.6. The summed E-state index contributed by atoms with van der Waals surface area (Å²) in [6.07, 6.45) is 1.51. The van der Waals surface area contributed by atoms with E-state index in [1.54, 1.807) is 0 Å². The van der Waals surface area contributed by atoms with Crippen molar-refractivity contribution in [2.24, 2.45) is 5.92 Å². The summed E-state index contributed by atoms with van der Waals surface area (Å²) in [5.74, 6) is 0.0300. The summed E-state index contributed by atoms with van der Waals surface area (Å²) < 4.78 is 1.08. The van der Waals surface area contributed by atoms with Crippen molar-refractivity contribution < 1.29 is 19.2 Å². The van der Waals surface area contributed by atoms with Gasteiger partial charge in [-0.05, 0) is 88.0 Å². The summed E-state index contributed by atoms with van der Waals surface area (Å²) in [6, 6.07) is 15.2. The molecular weight excluding hydrogens is 534 g/mol. The summed E-state index contributed by atoms with van der Waals surface area (Å²) in [6.45, 7) is 13.7. The Bertz CT molecular complexity index is 1090. The summed E-state index contributed by atoms with van der Waals surface area (Å²) in [4.78, 5) is 43.9. The second-order valence-electron chi connectivity index (χ2n) is 9.43. The average molecular weight is 576 g/mol. The van der Waals surface area contributed by atoms with Gasteiger partial charge in [0.15, 0.2) is 0 Å². The average Bonchev–Trinajstić information content (AvgIpc) is 3.36. The number of amides is 2. The van der Waals surface area contributed by atoms with E-state index in [0.717, 1.165) is 28.1 Å². The Balaban J connectivity index is 0.000000924. The molecule has 2 amide bonds. The molecule has 1 unspecified atom stereocenters. The molecule has 9 heteroatoms. The third kappa shape index (κ3) is 13.5. The summed E-state index contributed by atoms with van der Waals surface area (Å²) in [7, 11) is 4.02. The lowest BCUT2D eigenvalue weighted by Gasteiger charge is -2.20. The molecular formula is C30H42ClN3O4S. The monoisotopic (exact) mass is 575 g/mol. The molecule has 0 bridgehead atoms. The largest absolute Gasteiger partial charge is 0.354 e. The minimum Gasteiger partial charge on any atom is -0.354 e. The van der Waals surface area contributed by atoms with Crippen molar-refractivity contribution in [1.29, 1.82) is 0 Å². The fourth-order valence-corrected chi connectivity index (χ4v) is 4.66. The number of rotatable bonds is 9. The zero-order valence-corrected chi connectivity index (χ0v) is 25.5. The normalized spacial score (nSPS) is 10.8. The molecule has 0 spiro atoms. The van der Waals surface area contributed by atoms with Gasteiger partial charge in [-0.15, -0.1) is 11.3 Å². The fourth-order valence-electron chi connectivity index (χ4n) is 3.47. The summed E-state index contributed by atoms with van der Waals surface area (Å²) >= 11 is 7.27. The molecule has 7 nitrogen and oxygen atoms in total. The number of hydrogen-bond donors (Lipinski definition) is 2. The van der Waals surface area contributed by atoms with E-state index in [1.165, 1.54) is 22.5 Å².